The zero-order valence-electron chi connectivity index (χ0n) is 10.7. The van der Waals surface area contributed by atoms with Crippen LogP contribution in [0.3, 0.4) is 0 Å². The first-order chi connectivity index (χ1) is 9.70. The third kappa shape index (κ3) is 2.96. The fourth-order valence-electron chi connectivity index (χ4n) is 1.62. The molecule has 9 heteroatoms. The lowest BCUT2D eigenvalue weighted by atomic mass is 10.1. The van der Waals surface area contributed by atoms with E-state index in [4.69, 9.17) is 5.73 Å². The van der Waals surface area contributed by atoms with E-state index in [1.165, 1.54) is 0 Å². The molecule has 0 aliphatic heterocycles. The number of hydrogen-bond acceptors (Lipinski definition) is 3. The Morgan fingerprint density at radius 2 is 2.05 bits per heavy atom. The molecule has 1 aromatic carbocycles. The number of H-pyrrole nitrogens is 1. The summed E-state index contributed by atoms with van der Waals surface area (Å²) in [6.45, 7) is 1.58. The van der Waals surface area contributed by atoms with Crippen LogP contribution < -0.4 is 11.1 Å². The predicted octanol–water partition coefficient (Wildman–Crippen LogP) is 2.71. The van der Waals surface area contributed by atoms with Gasteiger partial charge in [-0.2, -0.15) is 18.3 Å². The van der Waals surface area contributed by atoms with E-state index in [0.29, 0.717) is 17.8 Å². The van der Waals surface area contributed by atoms with Crippen LogP contribution in [0.15, 0.2) is 18.2 Å². The number of benzene rings is 1. The molecule has 1 heterocycles. The highest BCUT2D eigenvalue weighted by Crippen LogP contribution is 2.33. The SMILES string of the molecule is Cc1[nH]nc(C(=O)Nc2ccc(F)c(C(F)(F)F)c2)c1N. The highest BCUT2D eigenvalue weighted by molar-refractivity contribution is 6.06. The molecule has 112 valence electrons. The molecule has 4 N–H and O–H groups in total. The Balaban J connectivity index is 2.28. The van der Waals surface area contributed by atoms with Gasteiger partial charge in [-0.05, 0) is 25.1 Å². The molecule has 0 radical (unpaired) electrons. The minimum Gasteiger partial charge on any atom is -0.395 e. The largest absolute Gasteiger partial charge is 0.419 e. The molecular formula is C12H10F4N4O. The number of nitrogens with one attached hydrogen (secondary N) is 2. The molecule has 1 aromatic heterocycles. The lowest BCUT2D eigenvalue weighted by molar-refractivity contribution is -0.139. The van der Waals surface area contributed by atoms with Gasteiger partial charge in [0, 0.05) is 5.69 Å². The van der Waals surface area contributed by atoms with E-state index in [1.807, 2.05) is 0 Å². The molecule has 2 rings (SSSR count). The third-order valence-corrected chi connectivity index (χ3v) is 2.74. The lowest BCUT2D eigenvalue weighted by Gasteiger charge is -2.10. The Hall–Kier alpha value is -2.58. The van der Waals surface area contributed by atoms with Gasteiger partial charge in [0.05, 0.1) is 16.9 Å². The van der Waals surface area contributed by atoms with Crippen LogP contribution in [0.4, 0.5) is 28.9 Å². The molecule has 0 aliphatic carbocycles. The lowest BCUT2D eigenvalue weighted by Crippen LogP contribution is -2.16. The summed E-state index contributed by atoms with van der Waals surface area (Å²) >= 11 is 0. The number of halogens is 4. The van der Waals surface area contributed by atoms with Crippen molar-refractivity contribution < 1.29 is 22.4 Å². The molecular weight excluding hydrogens is 292 g/mol. The Labute approximate surface area is 116 Å². The number of carbonyl (C=O) groups is 1. The quantitative estimate of drug-likeness (QED) is 0.746. The van der Waals surface area contributed by atoms with Gasteiger partial charge >= 0.3 is 6.18 Å². The highest BCUT2D eigenvalue weighted by Gasteiger charge is 2.34. The number of amides is 1. The molecule has 0 fully saturated rings. The summed E-state index contributed by atoms with van der Waals surface area (Å²) in [5, 5.41) is 8.30. The average molecular weight is 302 g/mol. The van der Waals surface area contributed by atoms with Crippen LogP contribution >= 0.6 is 0 Å². The van der Waals surface area contributed by atoms with Gasteiger partial charge in [0.1, 0.15) is 5.82 Å². The predicted molar refractivity (Wildman–Crippen MR) is 67.1 cm³/mol. The molecule has 0 aliphatic rings. The monoisotopic (exact) mass is 302 g/mol. The van der Waals surface area contributed by atoms with Gasteiger partial charge in [-0.25, -0.2) is 4.39 Å². The molecule has 0 spiro atoms. The van der Waals surface area contributed by atoms with Gasteiger partial charge in [0.15, 0.2) is 5.69 Å². The van der Waals surface area contributed by atoms with E-state index < -0.39 is 23.5 Å². The maximum atomic E-state index is 13.1. The number of aryl methyl sites for hydroxylation is 1. The molecule has 0 saturated heterocycles. The molecule has 0 saturated carbocycles. The number of anilines is 2. The summed E-state index contributed by atoms with van der Waals surface area (Å²) < 4.78 is 50.8. The van der Waals surface area contributed by atoms with Crippen molar-refractivity contribution in [2.24, 2.45) is 0 Å². The Bertz CT molecular complexity index is 693. The summed E-state index contributed by atoms with van der Waals surface area (Å²) in [5.74, 6) is -2.22. The van der Waals surface area contributed by atoms with Crippen molar-refractivity contribution in [1.29, 1.82) is 0 Å². The van der Waals surface area contributed by atoms with Crippen molar-refractivity contribution in [2.45, 2.75) is 13.1 Å². The molecule has 1 amide bonds. The average Bonchev–Trinajstić information content (AvgIpc) is 2.71. The maximum absolute atomic E-state index is 13.1. The number of hydrogen-bond donors (Lipinski definition) is 3. The third-order valence-electron chi connectivity index (χ3n) is 2.74. The zero-order valence-corrected chi connectivity index (χ0v) is 10.7. The zero-order chi connectivity index (χ0) is 15.8. The molecule has 5 nitrogen and oxygen atoms in total. The van der Waals surface area contributed by atoms with Crippen molar-refractivity contribution in [3.8, 4) is 0 Å². The van der Waals surface area contributed by atoms with Crippen molar-refractivity contribution in [3.05, 3.63) is 41.0 Å². The smallest absolute Gasteiger partial charge is 0.395 e. The van der Waals surface area contributed by atoms with E-state index >= 15 is 0 Å². The summed E-state index contributed by atoms with van der Waals surface area (Å²) in [4.78, 5) is 11.8. The number of rotatable bonds is 2. The fraction of sp³-hybridized carbons (Fsp3) is 0.167. The van der Waals surface area contributed by atoms with E-state index in [2.05, 4.69) is 15.5 Å². The van der Waals surface area contributed by atoms with Gasteiger partial charge in [0.25, 0.3) is 5.91 Å². The summed E-state index contributed by atoms with van der Waals surface area (Å²) in [5.41, 5.74) is 4.30. The van der Waals surface area contributed by atoms with E-state index in [-0.39, 0.29) is 17.1 Å². The molecule has 0 atom stereocenters. The second-order valence-electron chi connectivity index (χ2n) is 4.26. The number of aromatic amines is 1. The van der Waals surface area contributed by atoms with Crippen molar-refractivity contribution >= 4 is 17.3 Å². The van der Waals surface area contributed by atoms with Crippen molar-refractivity contribution in [1.82, 2.24) is 10.2 Å². The van der Waals surface area contributed by atoms with E-state index in [1.54, 1.807) is 6.92 Å². The number of carbonyl (C=O) groups excluding carboxylic acids is 1. The van der Waals surface area contributed by atoms with Crippen LogP contribution in [0, 0.1) is 12.7 Å². The standard InChI is InChI=1S/C12H10F4N4O/c1-5-9(17)10(20-19-5)11(21)18-6-2-3-8(13)7(4-6)12(14,15)16/h2-4H,17H2,1H3,(H,18,21)(H,19,20). The van der Waals surface area contributed by atoms with E-state index in [9.17, 15) is 22.4 Å². The number of nitrogen functional groups attached to an aromatic ring is 1. The van der Waals surface area contributed by atoms with Crippen molar-refractivity contribution in [3.63, 3.8) is 0 Å². The fourth-order valence-corrected chi connectivity index (χ4v) is 1.62. The topological polar surface area (TPSA) is 83.8 Å². The summed E-state index contributed by atoms with van der Waals surface area (Å²) in [6.07, 6.45) is -4.85. The van der Waals surface area contributed by atoms with Crippen LogP contribution in [-0.2, 0) is 6.18 Å². The molecule has 2 aromatic rings. The van der Waals surface area contributed by atoms with Gasteiger partial charge in [-0.15, -0.1) is 0 Å². The van der Waals surface area contributed by atoms with Crippen molar-refractivity contribution in [2.75, 3.05) is 11.1 Å². The number of nitrogens with two attached hydrogens (primary N) is 1. The first kappa shape index (κ1) is 14.8. The first-order valence-corrected chi connectivity index (χ1v) is 5.68. The van der Waals surface area contributed by atoms with Crippen LogP contribution in [-0.4, -0.2) is 16.1 Å². The second-order valence-corrected chi connectivity index (χ2v) is 4.26. The van der Waals surface area contributed by atoms with Crippen LogP contribution in [0.1, 0.15) is 21.7 Å². The van der Waals surface area contributed by atoms with Crippen LogP contribution in [0.5, 0.6) is 0 Å². The Kier molecular flexibility index (Phi) is 3.58. The van der Waals surface area contributed by atoms with Gasteiger partial charge in [-0.3, -0.25) is 9.89 Å². The molecule has 0 unspecified atom stereocenters. The van der Waals surface area contributed by atoms with Crippen LogP contribution in [0.2, 0.25) is 0 Å². The highest BCUT2D eigenvalue weighted by atomic mass is 19.4. The summed E-state index contributed by atoms with van der Waals surface area (Å²) in [7, 11) is 0. The molecule has 0 bridgehead atoms. The normalized spacial score (nSPS) is 11.5. The Morgan fingerprint density at radius 1 is 1.38 bits per heavy atom. The number of aromatic nitrogens is 2. The number of alkyl halides is 3. The van der Waals surface area contributed by atoms with Gasteiger partial charge in [0.2, 0.25) is 0 Å². The minimum absolute atomic E-state index is 0.0886. The number of nitrogens with zero attached hydrogens (tertiary/aromatic N) is 1. The van der Waals surface area contributed by atoms with Crippen LogP contribution in [0.25, 0.3) is 0 Å². The van der Waals surface area contributed by atoms with Gasteiger partial charge in [-0.1, -0.05) is 0 Å². The van der Waals surface area contributed by atoms with Gasteiger partial charge < -0.3 is 11.1 Å². The Morgan fingerprint density at radius 3 is 2.57 bits per heavy atom. The second kappa shape index (κ2) is 5.08. The van der Waals surface area contributed by atoms with E-state index in [0.717, 1.165) is 6.07 Å². The molecule has 21 heavy (non-hydrogen) atoms. The minimum atomic E-state index is -4.85. The summed E-state index contributed by atoms with van der Waals surface area (Å²) in [6, 6.07) is 2.14. The maximum Gasteiger partial charge on any atom is 0.419 e. The first-order valence-electron chi connectivity index (χ1n) is 5.68.